The largest absolute Gasteiger partial charge is 0.416 e. The molecule has 0 saturated heterocycles. The minimum Gasteiger partial charge on any atom is -0.338 e. The summed E-state index contributed by atoms with van der Waals surface area (Å²) in [7, 11) is 0. The van der Waals surface area contributed by atoms with Gasteiger partial charge in [-0.15, -0.1) is 0 Å². The van der Waals surface area contributed by atoms with E-state index in [9.17, 15) is 36.7 Å². The molecule has 0 spiro atoms. The molecule has 2 aromatic carbocycles. The molecule has 1 saturated carbocycles. The second-order valence-corrected chi connectivity index (χ2v) is 8.71. The van der Waals surface area contributed by atoms with Gasteiger partial charge < -0.3 is 5.32 Å². The Morgan fingerprint density at radius 2 is 1.66 bits per heavy atom. The summed E-state index contributed by atoms with van der Waals surface area (Å²) in [6.45, 7) is 5.59. The van der Waals surface area contributed by atoms with Crippen molar-refractivity contribution >= 4 is 23.5 Å². The van der Waals surface area contributed by atoms with Crippen molar-refractivity contribution < 1.29 is 36.7 Å². The first kappa shape index (κ1) is 26.1. The molecule has 2 aromatic rings. The zero-order valence-electron chi connectivity index (χ0n) is 19.3. The number of amides is 3. The SMILES string of the molecule is Cc1cc(C)c(C2C(=O)CC(CCNC(=O)NC(=O)c3ccc(C(F)(F)F)cc3F)C2=O)c(C)c1. The molecule has 3 amide bonds. The molecule has 1 aliphatic rings. The van der Waals surface area contributed by atoms with Crippen LogP contribution >= 0.6 is 0 Å². The average Bonchev–Trinajstić information content (AvgIpc) is 3.00. The van der Waals surface area contributed by atoms with Crippen LogP contribution in [0.2, 0.25) is 0 Å². The molecule has 2 atom stereocenters. The standard InChI is InChI=1S/C25H24F4N2O4/c1-12-8-13(2)20(14(3)9-12)21-19(32)10-15(22(21)33)6-7-30-24(35)31-23(34)17-5-4-16(11-18(17)26)25(27,28)29/h4-5,8-9,11,15,21H,6-7,10H2,1-3H3,(H2,30,31,34,35). The first-order valence-electron chi connectivity index (χ1n) is 10.9. The van der Waals surface area contributed by atoms with Gasteiger partial charge in [0, 0.05) is 18.9 Å². The predicted octanol–water partition coefficient (Wildman–Crippen LogP) is 4.54. The van der Waals surface area contributed by atoms with E-state index < -0.39 is 46.9 Å². The smallest absolute Gasteiger partial charge is 0.338 e. The van der Waals surface area contributed by atoms with Gasteiger partial charge in [-0.25, -0.2) is 9.18 Å². The molecule has 0 bridgehead atoms. The number of rotatable bonds is 5. The third-order valence-electron chi connectivity index (χ3n) is 6.03. The fourth-order valence-electron chi connectivity index (χ4n) is 4.50. The minimum atomic E-state index is -4.78. The fourth-order valence-corrected chi connectivity index (χ4v) is 4.50. The molecule has 10 heteroatoms. The Morgan fingerprint density at radius 3 is 2.23 bits per heavy atom. The van der Waals surface area contributed by atoms with Gasteiger partial charge in [0.15, 0.2) is 5.78 Å². The maximum atomic E-state index is 13.9. The summed E-state index contributed by atoms with van der Waals surface area (Å²) in [6.07, 6.45) is -4.58. The quantitative estimate of drug-likeness (QED) is 0.474. The van der Waals surface area contributed by atoms with Gasteiger partial charge >= 0.3 is 12.2 Å². The molecule has 2 unspecified atom stereocenters. The number of benzene rings is 2. The normalized spacial score (nSPS) is 18.0. The zero-order valence-corrected chi connectivity index (χ0v) is 19.3. The van der Waals surface area contributed by atoms with Crippen molar-refractivity contribution in [3.8, 4) is 0 Å². The van der Waals surface area contributed by atoms with E-state index in [0.717, 1.165) is 16.7 Å². The van der Waals surface area contributed by atoms with E-state index in [2.05, 4.69) is 5.32 Å². The summed E-state index contributed by atoms with van der Waals surface area (Å²) in [5.74, 6) is -4.50. The van der Waals surface area contributed by atoms with Crippen molar-refractivity contribution in [3.05, 3.63) is 69.5 Å². The molecule has 186 valence electrons. The first-order valence-corrected chi connectivity index (χ1v) is 10.9. The van der Waals surface area contributed by atoms with Gasteiger partial charge in [-0.1, -0.05) is 17.7 Å². The first-order chi connectivity index (χ1) is 16.3. The summed E-state index contributed by atoms with van der Waals surface area (Å²) in [5, 5.41) is 4.18. The van der Waals surface area contributed by atoms with Crippen LogP contribution < -0.4 is 10.6 Å². The van der Waals surface area contributed by atoms with Crippen molar-refractivity contribution in [2.24, 2.45) is 5.92 Å². The lowest BCUT2D eigenvalue weighted by atomic mass is 9.86. The van der Waals surface area contributed by atoms with E-state index in [1.165, 1.54) is 0 Å². The summed E-state index contributed by atoms with van der Waals surface area (Å²) in [4.78, 5) is 49.6. The number of ketones is 2. The molecule has 1 aliphatic carbocycles. The number of hydrogen-bond donors (Lipinski definition) is 2. The maximum Gasteiger partial charge on any atom is 0.416 e. The van der Waals surface area contributed by atoms with Gasteiger partial charge in [-0.2, -0.15) is 13.2 Å². The highest BCUT2D eigenvalue weighted by Crippen LogP contribution is 2.37. The molecule has 0 aliphatic heterocycles. The van der Waals surface area contributed by atoms with E-state index in [1.807, 2.05) is 38.2 Å². The Labute approximate surface area is 199 Å². The van der Waals surface area contributed by atoms with Crippen LogP contribution in [0.3, 0.4) is 0 Å². The van der Waals surface area contributed by atoms with Crippen LogP contribution in [0.25, 0.3) is 0 Å². The predicted molar refractivity (Wildman–Crippen MR) is 118 cm³/mol. The molecular formula is C25H24F4N2O4. The van der Waals surface area contributed by atoms with Crippen LogP contribution in [0.5, 0.6) is 0 Å². The number of imide groups is 1. The van der Waals surface area contributed by atoms with Gasteiger partial charge in [0.05, 0.1) is 11.1 Å². The molecule has 2 N–H and O–H groups in total. The Balaban J connectivity index is 1.56. The molecular weight excluding hydrogens is 468 g/mol. The molecule has 0 radical (unpaired) electrons. The fraction of sp³-hybridized carbons (Fsp3) is 0.360. The lowest BCUT2D eigenvalue weighted by Gasteiger charge is -2.16. The third kappa shape index (κ3) is 5.75. The highest BCUT2D eigenvalue weighted by molar-refractivity contribution is 6.15. The van der Waals surface area contributed by atoms with Crippen LogP contribution in [-0.2, 0) is 15.8 Å². The van der Waals surface area contributed by atoms with Gasteiger partial charge in [0.1, 0.15) is 17.5 Å². The van der Waals surface area contributed by atoms with Crippen molar-refractivity contribution in [1.82, 2.24) is 10.6 Å². The number of carbonyl (C=O) groups is 4. The van der Waals surface area contributed by atoms with Crippen molar-refractivity contribution in [2.75, 3.05) is 6.54 Å². The third-order valence-corrected chi connectivity index (χ3v) is 6.03. The van der Waals surface area contributed by atoms with Gasteiger partial charge in [0.25, 0.3) is 5.91 Å². The molecule has 35 heavy (non-hydrogen) atoms. The van der Waals surface area contributed by atoms with E-state index >= 15 is 0 Å². The highest BCUT2D eigenvalue weighted by atomic mass is 19.4. The minimum absolute atomic E-state index is 0.0370. The summed E-state index contributed by atoms with van der Waals surface area (Å²) < 4.78 is 51.8. The Hall–Kier alpha value is -3.56. The second kappa shape index (κ2) is 9.97. The maximum absolute atomic E-state index is 13.9. The van der Waals surface area contributed by atoms with Crippen LogP contribution in [0.1, 0.15) is 56.9 Å². The number of carbonyl (C=O) groups excluding carboxylic acids is 4. The zero-order chi connectivity index (χ0) is 26.1. The van der Waals surface area contributed by atoms with Crippen molar-refractivity contribution in [3.63, 3.8) is 0 Å². The molecule has 6 nitrogen and oxygen atoms in total. The van der Waals surface area contributed by atoms with Gasteiger partial charge in [0.2, 0.25) is 0 Å². The Bertz CT molecular complexity index is 1180. The Morgan fingerprint density at radius 1 is 1.03 bits per heavy atom. The lowest BCUT2D eigenvalue weighted by molar-refractivity contribution is -0.137. The summed E-state index contributed by atoms with van der Waals surface area (Å²) in [5.41, 5.74) is 1.47. The molecule has 1 fully saturated rings. The number of aryl methyl sites for hydroxylation is 3. The number of Topliss-reactive ketones (excluding diaryl/α,β-unsaturated/α-hetero) is 2. The topological polar surface area (TPSA) is 92.3 Å². The van der Waals surface area contributed by atoms with Crippen LogP contribution in [0.15, 0.2) is 30.3 Å². The molecule has 3 rings (SSSR count). The van der Waals surface area contributed by atoms with Crippen LogP contribution in [-0.4, -0.2) is 30.0 Å². The average molecular weight is 492 g/mol. The van der Waals surface area contributed by atoms with Gasteiger partial charge in [-0.05, 0) is 62.1 Å². The number of hydrogen-bond acceptors (Lipinski definition) is 4. The number of urea groups is 1. The Kier molecular flexibility index (Phi) is 7.42. The van der Waals surface area contributed by atoms with Gasteiger partial charge in [-0.3, -0.25) is 19.7 Å². The lowest BCUT2D eigenvalue weighted by Crippen LogP contribution is -2.40. The summed E-state index contributed by atoms with van der Waals surface area (Å²) >= 11 is 0. The number of halogens is 4. The monoisotopic (exact) mass is 492 g/mol. The van der Waals surface area contributed by atoms with E-state index in [0.29, 0.717) is 17.7 Å². The molecule has 0 aromatic heterocycles. The van der Waals surface area contributed by atoms with Crippen LogP contribution in [0, 0.1) is 32.5 Å². The number of alkyl halides is 3. The van der Waals surface area contributed by atoms with Crippen molar-refractivity contribution in [1.29, 1.82) is 0 Å². The van der Waals surface area contributed by atoms with E-state index in [4.69, 9.17) is 0 Å². The number of nitrogens with one attached hydrogen (secondary N) is 2. The summed E-state index contributed by atoms with van der Waals surface area (Å²) in [6, 6.07) is 4.17. The van der Waals surface area contributed by atoms with Crippen LogP contribution in [0.4, 0.5) is 22.4 Å². The van der Waals surface area contributed by atoms with E-state index in [-0.39, 0.29) is 37.0 Å². The van der Waals surface area contributed by atoms with Crippen molar-refractivity contribution in [2.45, 2.75) is 45.7 Å². The van der Waals surface area contributed by atoms with E-state index in [1.54, 1.807) is 0 Å². The highest BCUT2D eigenvalue weighted by Gasteiger charge is 2.42. The molecule has 0 heterocycles. The second-order valence-electron chi connectivity index (χ2n) is 8.71.